The van der Waals surface area contributed by atoms with Crippen LogP contribution in [-0.4, -0.2) is 12.6 Å². The molecular weight excluding hydrogens is 246 g/mol. The maximum atomic E-state index is 13.0. The molecule has 0 radical (unpaired) electrons. The van der Waals surface area contributed by atoms with Crippen molar-refractivity contribution < 1.29 is 17.6 Å². The fourth-order valence-corrected chi connectivity index (χ4v) is 2.67. The Labute approximate surface area is 103 Å². The summed E-state index contributed by atoms with van der Waals surface area (Å²) in [5, 5.41) is 3.19. The van der Waals surface area contributed by atoms with Crippen molar-refractivity contribution in [3.05, 3.63) is 35.1 Å². The van der Waals surface area contributed by atoms with Crippen molar-refractivity contribution in [1.82, 2.24) is 5.32 Å². The van der Waals surface area contributed by atoms with Gasteiger partial charge in [-0.25, -0.2) is 4.39 Å². The molecule has 2 atom stereocenters. The standard InChI is InChI=1S/C13H15F4N/c1-2-12-10(5-6-18-12)9-4-3-8(14)7-11(9)13(15,16)17/h3-4,7,10,12,18H,2,5-6H2,1H3. The first kappa shape index (κ1) is 13.3. The van der Waals surface area contributed by atoms with Gasteiger partial charge in [0.25, 0.3) is 0 Å². The first-order chi connectivity index (χ1) is 8.43. The minimum atomic E-state index is -4.50. The quantitative estimate of drug-likeness (QED) is 0.800. The Morgan fingerprint density at radius 3 is 2.67 bits per heavy atom. The number of benzene rings is 1. The lowest BCUT2D eigenvalue weighted by Crippen LogP contribution is -2.26. The average molecular weight is 261 g/mol. The lowest BCUT2D eigenvalue weighted by atomic mass is 9.87. The summed E-state index contributed by atoms with van der Waals surface area (Å²) in [6.07, 6.45) is -3.08. The van der Waals surface area contributed by atoms with Crippen LogP contribution in [0, 0.1) is 5.82 Å². The molecule has 0 spiro atoms. The molecule has 5 heteroatoms. The molecule has 0 bridgehead atoms. The topological polar surface area (TPSA) is 12.0 Å². The number of hydrogen-bond acceptors (Lipinski definition) is 1. The van der Waals surface area contributed by atoms with Gasteiger partial charge in [0, 0.05) is 12.0 Å². The molecule has 100 valence electrons. The summed E-state index contributed by atoms with van der Waals surface area (Å²) in [6, 6.07) is 3.02. The number of halogens is 4. The second-order valence-electron chi connectivity index (χ2n) is 4.59. The van der Waals surface area contributed by atoms with Gasteiger partial charge in [0.1, 0.15) is 5.82 Å². The molecule has 1 saturated heterocycles. The predicted molar refractivity (Wildman–Crippen MR) is 60.8 cm³/mol. The molecule has 1 aromatic carbocycles. The number of rotatable bonds is 2. The van der Waals surface area contributed by atoms with Crippen LogP contribution >= 0.6 is 0 Å². The van der Waals surface area contributed by atoms with E-state index in [4.69, 9.17) is 0 Å². The maximum Gasteiger partial charge on any atom is 0.416 e. The Bertz CT molecular complexity index is 427. The molecule has 1 heterocycles. The first-order valence-electron chi connectivity index (χ1n) is 6.03. The van der Waals surface area contributed by atoms with E-state index in [1.54, 1.807) is 0 Å². The van der Waals surface area contributed by atoms with Gasteiger partial charge in [0.2, 0.25) is 0 Å². The molecule has 2 unspecified atom stereocenters. The monoisotopic (exact) mass is 261 g/mol. The van der Waals surface area contributed by atoms with Gasteiger partial charge < -0.3 is 5.32 Å². The van der Waals surface area contributed by atoms with Crippen molar-refractivity contribution in [2.75, 3.05) is 6.54 Å². The van der Waals surface area contributed by atoms with Gasteiger partial charge in [0.15, 0.2) is 0 Å². The van der Waals surface area contributed by atoms with Gasteiger partial charge in [-0.05, 0) is 37.1 Å². The van der Waals surface area contributed by atoms with Crippen LogP contribution in [0.5, 0.6) is 0 Å². The minimum absolute atomic E-state index is 0.0385. The molecule has 1 N–H and O–H groups in total. The van der Waals surface area contributed by atoms with Crippen molar-refractivity contribution in [2.45, 2.75) is 37.9 Å². The van der Waals surface area contributed by atoms with E-state index < -0.39 is 17.6 Å². The zero-order valence-corrected chi connectivity index (χ0v) is 10.0. The molecule has 1 aliphatic rings. The number of hydrogen-bond donors (Lipinski definition) is 1. The van der Waals surface area contributed by atoms with E-state index in [9.17, 15) is 17.6 Å². The highest BCUT2D eigenvalue weighted by Crippen LogP contribution is 2.39. The Balaban J connectivity index is 2.44. The molecule has 1 fully saturated rings. The Hall–Kier alpha value is -1.10. The number of nitrogens with one attached hydrogen (secondary N) is 1. The molecule has 0 aromatic heterocycles. The smallest absolute Gasteiger partial charge is 0.313 e. The van der Waals surface area contributed by atoms with Crippen molar-refractivity contribution in [2.24, 2.45) is 0 Å². The van der Waals surface area contributed by atoms with Gasteiger partial charge in [-0.2, -0.15) is 13.2 Å². The van der Waals surface area contributed by atoms with Crippen molar-refractivity contribution in [3.63, 3.8) is 0 Å². The molecule has 18 heavy (non-hydrogen) atoms. The van der Waals surface area contributed by atoms with Crippen LogP contribution in [0.25, 0.3) is 0 Å². The first-order valence-corrected chi connectivity index (χ1v) is 6.03. The van der Waals surface area contributed by atoms with E-state index in [1.165, 1.54) is 6.07 Å². The molecule has 1 nitrogen and oxygen atoms in total. The Morgan fingerprint density at radius 2 is 2.06 bits per heavy atom. The van der Waals surface area contributed by atoms with E-state index in [1.807, 2.05) is 6.92 Å². The predicted octanol–water partition coefficient (Wildman–Crippen LogP) is 3.70. The van der Waals surface area contributed by atoms with Gasteiger partial charge in [-0.1, -0.05) is 13.0 Å². The molecule has 0 amide bonds. The van der Waals surface area contributed by atoms with E-state index >= 15 is 0 Å². The zero-order chi connectivity index (χ0) is 13.3. The third-order valence-corrected chi connectivity index (χ3v) is 3.51. The lowest BCUT2D eigenvalue weighted by molar-refractivity contribution is -0.138. The van der Waals surface area contributed by atoms with Crippen LogP contribution in [-0.2, 0) is 6.18 Å². The fourth-order valence-electron chi connectivity index (χ4n) is 2.67. The second-order valence-corrected chi connectivity index (χ2v) is 4.59. The van der Waals surface area contributed by atoms with Gasteiger partial charge in [-0.15, -0.1) is 0 Å². The summed E-state index contributed by atoms with van der Waals surface area (Å²) >= 11 is 0. The summed E-state index contributed by atoms with van der Waals surface area (Å²) < 4.78 is 51.8. The third-order valence-electron chi connectivity index (χ3n) is 3.51. The highest BCUT2D eigenvalue weighted by atomic mass is 19.4. The highest BCUT2D eigenvalue weighted by molar-refractivity contribution is 5.35. The van der Waals surface area contributed by atoms with Gasteiger partial charge in [-0.3, -0.25) is 0 Å². The Morgan fingerprint density at radius 1 is 1.33 bits per heavy atom. The van der Waals surface area contributed by atoms with Crippen LogP contribution in [0.4, 0.5) is 17.6 Å². The van der Waals surface area contributed by atoms with E-state index in [0.717, 1.165) is 12.5 Å². The molecule has 1 aromatic rings. The number of alkyl halides is 3. The van der Waals surface area contributed by atoms with E-state index in [2.05, 4.69) is 5.32 Å². The van der Waals surface area contributed by atoms with Crippen LogP contribution in [0.3, 0.4) is 0 Å². The molecule has 0 saturated carbocycles. The second kappa shape index (κ2) is 4.88. The zero-order valence-electron chi connectivity index (χ0n) is 10.0. The largest absolute Gasteiger partial charge is 0.416 e. The summed E-state index contributed by atoms with van der Waals surface area (Å²) in [7, 11) is 0. The molecule has 1 aliphatic heterocycles. The average Bonchev–Trinajstić information content (AvgIpc) is 2.75. The summed E-state index contributed by atoms with van der Waals surface area (Å²) in [6.45, 7) is 2.64. The van der Waals surface area contributed by atoms with Crippen LogP contribution in [0.1, 0.15) is 36.8 Å². The maximum absolute atomic E-state index is 13.0. The van der Waals surface area contributed by atoms with Gasteiger partial charge >= 0.3 is 6.18 Å². The van der Waals surface area contributed by atoms with Crippen LogP contribution in [0.2, 0.25) is 0 Å². The fraction of sp³-hybridized carbons (Fsp3) is 0.538. The van der Waals surface area contributed by atoms with E-state index in [-0.39, 0.29) is 17.5 Å². The Kier molecular flexibility index (Phi) is 3.61. The molecule has 0 aliphatic carbocycles. The summed E-state index contributed by atoms with van der Waals surface area (Å²) in [4.78, 5) is 0. The third kappa shape index (κ3) is 2.51. The van der Waals surface area contributed by atoms with Crippen LogP contribution in [0.15, 0.2) is 18.2 Å². The SMILES string of the molecule is CCC1NCCC1c1ccc(F)cc1C(F)(F)F. The van der Waals surface area contributed by atoms with E-state index in [0.29, 0.717) is 19.0 Å². The van der Waals surface area contributed by atoms with Crippen molar-refractivity contribution in [1.29, 1.82) is 0 Å². The van der Waals surface area contributed by atoms with Crippen LogP contribution < -0.4 is 5.32 Å². The van der Waals surface area contributed by atoms with Gasteiger partial charge in [0.05, 0.1) is 5.56 Å². The summed E-state index contributed by atoms with van der Waals surface area (Å²) in [5.74, 6) is -1.03. The lowest BCUT2D eigenvalue weighted by Gasteiger charge is -2.22. The minimum Gasteiger partial charge on any atom is -0.313 e. The van der Waals surface area contributed by atoms with Crippen molar-refractivity contribution in [3.8, 4) is 0 Å². The normalized spacial score (nSPS) is 24.5. The molecular formula is C13H15F4N. The summed E-state index contributed by atoms with van der Waals surface area (Å²) in [5.41, 5.74) is -0.629. The highest BCUT2D eigenvalue weighted by Gasteiger charge is 2.38. The van der Waals surface area contributed by atoms with Crippen molar-refractivity contribution >= 4 is 0 Å². The molecule has 2 rings (SSSR count).